The molecule has 0 unspecified atom stereocenters. The van der Waals surface area contributed by atoms with Gasteiger partial charge in [0.25, 0.3) is 0 Å². The van der Waals surface area contributed by atoms with Crippen LogP contribution in [0.5, 0.6) is 17.4 Å². The van der Waals surface area contributed by atoms with Gasteiger partial charge in [-0.05, 0) is 53.2 Å². The fraction of sp³-hybridized carbons (Fsp3) is 0.250. The first kappa shape index (κ1) is 20.5. The lowest BCUT2D eigenvalue weighted by atomic mass is 10.1. The molecule has 0 radical (unpaired) electrons. The van der Waals surface area contributed by atoms with Crippen LogP contribution in [0.25, 0.3) is 11.3 Å². The first-order chi connectivity index (χ1) is 13.5. The Balaban J connectivity index is 1.81. The number of methoxy groups -OCH3 is 1. The third kappa shape index (κ3) is 4.59. The zero-order chi connectivity index (χ0) is 20.1. The van der Waals surface area contributed by atoms with Crippen LogP contribution in [0.4, 0.5) is 4.39 Å². The van der Waals surface area contributed by atoms with Crippen LogP contribution in [0.2, 0.25) is 5.02 Å². The molecule has 1 aromatic heterocycles. The molecule has 0 fully saturated rings. The molecular formula is C20H19BrClFN2O3. The minimum Gasteiger partial charge on any atom is -0.497 e. The summed E-state index contributed by atoms with van der Waals surface area (Å²) in [5.74, 6) is 0.838. The Morgan fingerprint density at radius 1 is 1.18 bits per heavy atom. The molecule has 0 amide bonds. The van der Waals surface area contributed by atoms with E-state index < -0.39 is 5.82 Å². The highest BCUT2D eigenvalue weighted by atomic mass is 79.9. The van der Waals surface area contributed by atoms with Crippen molar-refractivity contribution in [2.75, 3.05) is 20.3 Å². The number of hydrogen-bond donors (Lipinski definition) is 0. The summed E-state index contributed by atoms with van der Waals surface area (Å²) >= 11 is 9.34. The second kappa shape index (κ2) is 9.30. The summed E-state index contributed by atoms with van der Waals surface area (Å²) in [7, 11) is 1.56. The number of aromatic nitrogens is 2. The molecule has 0 saturated carbocycles. The molecule has 0 spiro atoms. The Labute approximate surface area is 176 Å². The van der Waals surface area contributed by atoms with E-state index in [0.29, 0.717) is 35.2 Å². The number of ether oxygens (including phenoxy) is 3. The van der Waals surface area contributed by atoms with E-state index in [4.69, 9.17) is 25.8 Å². The van der Waals surface area contributed by atoms with Gasteiger partial charge in [0, 0.05) is 10.6 Å². The van der Waals surface area contributed by atoms with Crippen LogP contribution < -0.4 is 14.2 Å². The normalized spacial score (nSPS) is 10.8. The highest BCUT2D eigenvalue weighted by Crippen LogP contribution is 2.31. The summed E-state index contributed by atoms with van der Waals surface area (Å²) in [6.45, 7) is 2.71. The van der Waals surface area contributed by atoms with Gasteiger partial charge in [-0.15, -0.1) is 0 Å². The van der Waals surface area contributed by atoms with E-state index in [2.05, 4.69) is 21.0 Å². The van der Waals surface area contributed by atoms with Gasteiger partial charge >= 0.3 is 0 Å². The van der Waals surface area contributed by atoms with Gasteiger partial charge in [-0.1, -0.05) is 23.7 Å². The van der Waals surface area contributed by atoms with Crippen molar-refractivity contribution in [1.82, 2.24) is 9.78 Å². The fourth-order valence-corrected chi connectivity index (χ4v) is 3.44. The number of benzene rings is 2. The van der Waals surface area contributed by atoms with Gasteiger partial charge in [-0.2, -0.15) is 9.49 Å². The second-order valence-electron chi connectivity index (χ2n) is 5.78. The van der Waals surface area contributed by atoms with E-state index in [0.717, 1.165) is 4.47 Å². The van der Waals surface area contributed by atoms with Crippen molar-refractivity contribution in [3.8, 4) is 28.6 Å². The van der Waals surface area contributed by atoms with E-state index in [9.17, 15) is 4.39 Å². The third-order valence-electron chi connectivity index (χ3n) is 3.93. The third-order valence-corrected chi connectivity index (χ3v) is 4.78. The minimum atomic E-state index is -0.511. The van der Waals surface area contributed by atoms with Gasteiger partial charge in [0.05, 0.1) is 24.7 Å². The molecule has 0 aliphatic heterocycles. The van der Waals surface area contributed by atoms with Gasteiger partial charge in [-0.3, -0.25) is 0 Å². The highest BCUT2D eigenvalue weighted by Gasteiger charge is 2.21. The number of halogens is 3. The predicted molar refractivity (Wildman–Crippen MR) is 110 cm³/mol. The SMILES string of the molecule is CCOc1c(F)c(-c2cccc(OC)c2)nn1CCOc1ccc(Cl)cc1Br. The smallest absolute Gasteiger partial charge is 0.249 e. The maximum Gasteiger partial charge on any atom is 0.249 e. The second-order valence-corrected chi connectivity index (χ2v) is 7.07. The summed E-state index contributed by atoms with van der Waals surface area (Å²) in [6.07, 6.45) is 0. The van der Waals surface area contributed by atoms with Crippen LogP contribution >= 0.6 is 27.5 Å². The lowest BCUT2D eigenvalue weighted by Gasteiger charge is -2.10. The van der Waals surface area contributed by atoms with Gasteiger partial charge < -0.3 is 14.2 Å². The van der Waals surface area contributed by atoms with Crippen molar-refractivity contribution >= 4 is 27.5 Å². The van der Waals surface area contributed by atoms with Gasteiger partial charge in [0.2, 0.25) is 11.7 Å². The molecule has 148 valence electrons. The van der Waals surface area contributed by atoms with Crippen LogP contribution in [-0.4, -0.2) is 30.1 Å². The molecular weight excluding hydrogens is 451 g/mol. The Morgan fingerprint density at radius 3 is 2.71 bits per heavy atom. The summed E-state index contributed by atoms with van der Waals surface area (Å²) in [6, 6.07) is 12.3. The molecule has 0 N–H and O–H groups in total. The Hall–Kier alpha value is -2.25. The van der Waals surface area contributed by atoms with E-state index >= 15 is 0 Å². The van der Waals surface area contributed by atoms with Crippen molar-refractivity contribution in [3.05, 3.63) is 57.8 Å². The first-order valence-electron chi connectivity index (χ1n) is 8.64. The van der Waals surface area contributed by atoms with E-state index in [1.165, 1.54) is 4.68 Å². The van der Waals surface area contributed by atoms with E-state index in [-0.39, 0.29) is 18.2 Å². The minimum absolute atomic E-state index is 0.0825. The molecule has 5 nitrogen and oxygen atoms in total. The summed E-state index contributed by atoms with van der Waals surface area (Å²) in [5, 5.41) is 5.00. The Morgan fingerprint density at radius 2 is 2.00 bits per heavy atom. The van der Waals surface area contributed by atoms with Crippen molar-refractivity contribution in [3.63, 3.8) is 0 Å². The van der Waals surface area contributed by atoms with Crippen LogP contribution in [0, 0.1) is 5.82 Å². The average Bonchev–Trinajstić information content (AvgIpc) is 3.00. The maximum absolute atomic E-state index is 14.9. The monoisotopic (exact) mass is 468 g/mol. The zero-order valence-corrected chi connectivity index (χ0v) is 17.8. The highest BCUT2D eigenvalue weighted by molar-refractivity contribution is 9.10. The Bertz CT molecular complexity index is 965. The Kier molecular flexibility index (Phi) is 6.80. The topological polar surface area (TPSA) is 45.5 Å². The van der Waals surface area contributed by atoms with Crippen LogP contribution in [-0.2, 0) is 6.54 Å². The van der Waals surface area contributed by atoms with Crippen molar-refractivity contribution in [1.29, 1.82) is 0 Å². The van der Waals surface area contributed by atoms with Crippen LogP contribution in [0.3, 0.4) is 0 Å². The molecule has 3 aromatic rings. The van der Waals surface area contributed by atoms with Crippen LogP contribution in [0.15, 0.2) is 46.9 Å². The van der Waals surface area contributed by atoms with E-state index in [1.54, 1.807) is 56.5 Å². The van der Waals surface area contributed by atoms with Gasteiger partial charge in [0.15, 0.2) is 0 Å². The molecule has 0 aliphatic rings. The lowest BCUT2D eigenvalue weighted by Crippen LogP contribution is -2.12. The van der Waals surface area contributed by atoms with Crippen molar-refractivity contribution in [2.24, 2.45) is 0 Å². The largest absolute Gasteiger partial charge is 0.497 e. The van der Waals surface area contributed by atoms with E-state index in [1.807, 2.05) is 0 Å². The fourth-order valence-electron chi connectivity index (χ4n) is 2.64. The predicted octanol–water partition coefficient (Wildman–Crippen LogP) is 5.59. The number of hydrogen-bond acceptors (Lipinski definition) is 4. The molecule has 2 aromatic carbocycles. The molecule has 0 aliphatic carbocycles. The molecule has 28 heavy (non-hydrogen) atoms. The lowest BCUT2D eigenvalue weighted by molar-refractivity contribution is 0.252. The molecule has 1 heterocycles. The first-order valence-corrected chi connectivity index (χ1v) is 9.82. The quantitative estimate of drug-likeness (QED) is 0.431. The maximum atomic E-state index is 14.9. The van der Waals surface area contributed by atoms with Gasteiger partial charge in [0.1, 0.15) is 23.8 Å². The molecule has 0 atom stereocenters. The summed E-state index contributed by atoms with van der Waals surface area (Å²) in [5.41, 5.74) is 0.813. The summed E-state index contributed by atoms with van der Waals surface area (Å²) in [4.78, 5) is 0. The number of rotatable bonds is 8. The van der Waals surface area contributed by atoms with Crippen molar-refractivity contribution < 1.29 is 18.6 Å². The van der Waals surface area contributed by atoms with Crippen LogP contribution in [0.1, 0.15) is 6.92 Å². The molecule has 0 saturated heterocycles. The molecule has 8 heteroatoms. The van der Waals surface area contributed by atoms with Crippen molar-refractivity contribution in [2.45, 2.75) is 13.5 Å². The molecule has 3 rings (SSSR count). The number of nitrogens with zero attached hydrogens (tertiary/aromatic N) is 2. The standard InChI is InChI=1S/C20H19BrClFN2O3/c1-3-27-20-18(23)19(13-5-4-6-15(11-13)26-2)24-25(20)9-10-28-17-8-7-14(22)12-16(17)21/h4-8,11-12H,3,9-10H2,1-2H3. The van der Waals surface area contributed by atoms with Gasteiger partial charge in [-0.25, -0.2) is 4.68 Å². The molecule has 0 bridgehead atoms. The zero-order valence-electron chi connectivity index (χ0n) is 15.4. The average molecular weight is 470 g/mol. The summed E-state index contributed by atoms with van der Waals surface area (Å²) < 4.78 is 33.6.